The summed E-state index contributed by atoms with van der Waals surface area (Å²) in [7, 11) is 2.17. The Morgan fingerprint density at radius 3 is 2.89 bits per heavy atom. The van der Waals surface area contributed by atoms with E-state index < -0.39 is 0 Å². The first-order valence-corrected chi connectivity index (χ1v) is 9.91. The van der Waals surface area contributed by atoms with Gasteiger partial charge in [-0.05, 0) is 62.7 Å². The molecule has 1 fully saturated rings. The Morgan fingerprint density at radius 1 is 1.18 bits per heavy atom. The lowest BCUT2D eigenvalue weighted by molar-refractivity contribution is 0.214. The van der Waals surface area contributed by atoms with Crippen molar-refractivity contribution in [2.45, 2.75) is 32.2 Å². The molecule has 5 rings (SSSR count). The van der Waals surface area contributed by atoms with Crippen molar-refractivity contribution in [1.29, 1.82) is 0 Å². The van der Waals surface area contributed by atoms with Crippen molar-refractivity contribution in [3.05, 3.63) is 42.3 Å². The van der Waals surface area contributed by atoms with Crippen LogP contribution in [0.15, 0.2) is 41.1 Å². The fourth-order valence-corrected chi connectivity index (χ4v) is 4.52. The van der Waals surface area contributed by atoms with Crippen LogP contribution in [-0.4, -0.2) is 44.9 Å². The summed E-state index contributed by atoms with van der Waals surface area (Å²) in [6.07, 6.45) is 6.91. The number of likely N-dealkylation sites (tertiary alicyclic amines) is 1. The zero-order chi connectivity index (χ0) is 19.3. The normalized spacial score (nSPS) is 18.3. The largest absolute Gasteiger partial charge is 0.506 e. The van der Waals surface area contributed by atoms with Gasteiger partial charge in [0.2, 0.25) is 0 Å². The number of nitrogens with zero attached hydrogens (tertiary/aromatic N) is 4. The summed E-state index contributed by atoms with van der Waals surface area (Å²) in [6.45, 7) is 4.31. The van der Waals surface area contributed by atoms with E-state index in [2.05, 4.69) is 45.9 Å². The van der Waals surface area contributed by atoms with Gasteiger partial charge < -0.3 is 19.0 Å². The molecule has 3 aromatic heterocycles. The van der Waals surface area contributed by atoms with Gasteiger partial charge in [0.1, 0.15) is 17.0 Å². The maximum absolute atomic E-state index is 10.8. The molecule has 0 amide bonds. The summed E-state index contributed by atoms with van der Waals surface area (Å²) in [5.74, 6) is 0.197. The van der Waals surface area contributed by atoms with E-state index in [1.54, 1.807) is 12.3 Å². The minimum atomic E-state index is 0.197. The van der Waals surface area contributed by atoms with Gasteiger partial charge in [-0.1, -0.05) is 6.92 Å². The van der Waals surface area contributed by atoms with Crippen molar-refractivity contribution in [3.8, 4) is 17.0 Å². The van der Waals surface area contributed by atoms with Gasteiger partial charge in [0.25, 0.3) is 0 Å². The molecule has 6 heteroatoms. The minimum absolute atomic E-state index is 0.197. The van der Waals surface area contributed by atoms with Crippen LogP contribution in [-0.2, 0) is 6.42 Å². The lowest BCUT2D eigenvalue weighted by atomic mass is 10.00. The molecule has 0 bridgehead atoms. The van der Waals surface area contributed by atoms with Crippen LogP contribution < -0.4 is 0 Å². The molecular formula is C22H24N4O2. The first-order chi connectivity index (χ1) is 13.7. The third-order valence-corrected chi connectivity index (χ3v) is 5.95. The molecule has 0 aliphatic carbocycles. The highest BCUT2D eigenvalue weighted by molar-refractivity contribution is 5.94. The third kappa shape index (κ3) is 2.59. The summed E-state index contributed by atoms with van der Waals surface area (Å²) < 4.78 is 7.67. The van der Waals surface area contributed by atoms with Crippen LogP contribution in [0.4, 0.5) is 0 Å². The molecule has 6 nitrogen and oxygen atoms in total. The average Bonchev–Trinajstić information content (AvgIpc) is 3.35. The SMILES string of the molecule is CCc1c(-c2ccc3occc3c2O)nnc2c1ccn2[C@@H]1CCCN(C)C1. The number of phenols is 1. The second kappa shape index (κ2) is 6.63. The molecule has 0 unspecified atom stereocenters. The van der Waals surface area contributed by atoms with Gasteiger partial charge in [-0.3, -0.25) is 0 Å². The number of phenolic OH excluding ortho intramolecular Hbond substituents is 1. The number of hydrogen-bond acceptors (Lipinski definition) is 5. The predicted molar refractivity (Wildman–Crippen MR) is 110 cm³/mol. The molecule has 28 heavy (non-hydrogen) atoms. The monoisotopic (exact) mass is 376 g/mol. The molecule has 1 atom stereocenters. The molecule has 4 heterocycles. The van der Waals surface area contributed by atoms with Gasteiger partial charge in [-0.2, -0.15) is 0 Å². The number of furan rings is 1. The molecule has 1 aliphatic rings. The van der Waals surface area contributed by atoms with E-state index in [9.17, 15) is 5.11 Å². The lowest BCUT2D eigenvalue weighted by Gasteiger charge is -2.30. The fraction of sp³-hybridized carbons (Fsp3) is 0.364. The van der Waals surface area contributed by atoms with Gasteiger partial charge in [0.15, 0.2) is 5.65 Å². The Hall–Kier alpha value is -2.86. The molecule has 1 N–H and O–H groups in total. The molecule has 144 valence electrons. The highest BCUT2D eigenvalue weighted by Gasteiger charge is 2.23. The molecule has 0 spiro atoms. The second-order valence-electron chi connectivity index (χ2n) is 7.69. The Labute approximate surface area is 163 Å². The smallest absolute Gasteiger partial charge is 0.163 e. The number of hydrogen-bond donors (Lipinski definition) is 1. The van der Waals surface area contributed by atoms with Crippen molar-refractivity contribution in [2.75, 3.05) is 20.1 Å². The standard InChI is InChI=1S/C22H24N4O2/c1-3-15-16-8-11-26(14-5-4-10-25(2)13-14)22(16)24-23-20(15)18-6-7-19-17(21(18)27)9-12-28-19/h6-9,11-12,14,27H,3-5,10,13H2,1-2H3/t14-/m1/s1. The van der Waals surface area contributed by atoms with E-state index in [0.717, 1.165) is 48.2 Å². The highest BCUT2D eigenvalue weighted by atomic mass is 16.3. The quantitative estimate of drug-likeness (QED) is 0.575. The zero-order valence-electron chi connectivity index (χ0n) is 16.2. The summed E-state index contributed by atoms with van der Waals surface area (Å²) in [5.41, 5.74) is 4.16. The van der Waals surface area contributed by atoms with Crippen LogP contribution in [0.5, 0.6) is 5.75 Å². The van der Waals surface area contributed by atoms with Crippen LogP contribution in [0.2, 0.25) is 0 Å². The Balaban J connectivity index is 1.65. The van der Waals surface area contributed by atoms with E-state index in [4.69, 9.17) is 4.42 Å². The van der Waals surface area contributed by atoms with Gasteiger partial charge in [-0.15, -0.1) is 10.2 Å². The van der Waals surface area contributed by atoms with Crippen molar-refractivity contribution in [2.24, 2.45) is 0 Å². The number of rotatable bonds is 3. The number of aryl methyl sites for hydroxylation is 1. The fourth-order valence-electron chi connectivity index (χ4n) is 4.52. The number of likely N-dealkylation sites (N-methyl/N-ethyl adjacent to an activating group) is 1. The first kappa shape index (κ1) is 17.3. The van der Waals surface area contributed by atoms with Crippen LogP contribution >= 0.6 is 0 Å². The van der Waals surface area contributed by atoms with Gasteiger partial charge in [-0.25, -0.2) is 0 Å². The second-order valence-corrected chi connectivity index (χ2v) is 7.69. The van der Waals surface area contributed by atoms with Crippen molar-refractivity contribution in [1.82, 2.24) is 19.7 Å². The van der Waals surface area contributed by atoms with Gasteiger partial charge in [0, 0.05) is 29.7 Å². The van der Waals surface area contributed by atoms with E-state index in [0.29, 0.717) is 22.6 Å². The Kier molecular flexibility index (Phi) is 4.09. The maximum Gasteiger partial charge on any atom is 0.163 e. The number of piperidine rings is 1. The molecule has 0 saturated carbocycles. The number of fused-ring (bicyclic) bond motifs is 2. The van der Waals surface area contributed by atoms with Crippen LogP contribution in [0.3, 0.4) is 0 Å². The van der Waals surface area contributed by atoms with Crippen molar-refractivity contribution >= 4 is 22.0 Å². The molecular weight excluding hydrogens is 352 g/mol. The molecule has 1 aliphatic heterocycles. The summed E-state index contributed by atoms with van der Waals surface area (Å²) in [5, 5.41) is 21.8. The zero-order valence-corrected chi connectivity index (χ0v) is 16.2. The minimum Gasteiger partial charge on any atom is -0.506 e. The van der Waals surface area contributed by atoms with E-state index >= 15 is 0 Å². The third-order valence-electron chi connectivity index (χ3n) is 5.95. The number of benzene rings is 1. The molecule has 1 aromatic carbocycles. The maximum atomic E-state index is 10.8. The van der Waals surface area contributed by atoms with Crippen LogP contribution in [0, 0.1) is 0 Å². The average molecular weight is 376 g/mol. The van der Waals surface area contributed by atoms with Crippen molar-refractivity contribution in [3.63, 3.8) is 0 Å². The molecule has 1 saturated heterocycles. The van der Waals surface area contributed by atoms with Crippen molar-refractivity contribution < 1.29 is 9.52 Å². The Bertz CT molecular complexity index is 1160. The summed E-state index contributed by atoms with van der Waals surface area (Å²) in [4.78, 5) is 2.38. The summed E-state index contributed by atoms with van der Waals surface area (Å²) in [6, 6.07) is 8.09. The van der Waals surface area contributed by atoms with E-state index in [1.165, 1.54) is 6.42 Å². The number of aromatic hydroxyl groups is 1. The first-order valence-electron chi connectivity index (χ1n) is 9.91. The lowest BCUT2D eigenvalue weighted by Crippen LogP contribution is -2.33. The van der Waals surface area contributed by atoms with Gasteiger partial charge >= 0.3 is 0 Å². The Morgan fingerprint density at radius 2 is 2.07 bits per heavy atom. The van der Waals surface area contributed by atoms with Gasteiger partial charge in [0.05, 0.1) is 11.6 Å². The number of aromatic nitrogens is 3. The van der Waals surface area contributed by atoms with Crippen LogP contribution in [0.25, 0.3) is 33.3 Å². The topological polar surface area (TPSA) is 67.3 Å². The highest BCUT2D eigenvalue weighted by Crippen LogP contribution is 2.39. The van der Waals surface area contributed by atoms with E-state index in [-0.39, 0.29) is 5.75 Å². The van der Waals surface area contributed by atoms with Crippen LogP contribution in [0.1, 0.15) is 31.4 Å². The summed E-state index contributed by atoms with van der Waals surface area (Å²) >= 11 is 0. The molecule has 0 radical (unpaired) electrons. The predicted octanol–water partition coefficient (Wildman–Crippen LogP) is 4.38. The molecule has 4 aromatic rings. The van der Waals surface area contributed by atoms with E-state index in [1.807, 2.05) is 12.1 Å².